The summed E-state index contributed by atoms with van der Waals surface area (Å²) >= 11 is 7.40. The van der Waals surface area contributed by atoms with Gasteiger partial charge < -0.3 is 9.88 Å². The number of amides is 1. The second-order valence-corrected chi connectivity index (χ2v) is 8.13. The van der Waals surface area contributed by atoms with Crippen LogP contribution in [0.3, 0.4) is 0 Å². The molecule has 0 atom stereocenters. The van der Waals surface area contributed by atoms with Gasteiger partial charge in [-0.2, -0.15) is 0 Å². The molecule has 1 aromatic heterocycles. The van der Waals surface area contributed by atoms with E-state index in [0.717, 1.165) is 21.5 Å². The number of anilines is 1. The molecule has 2 aromatic carbocycles. The SMILES string of the molecule is CC(C)c1ccc(NC(=O)CSc2cc(=O)n(C)c3cc(Cl)ccc23)cc1. The highest BCUT2D eigenvalue weighted by atomic mass is 35.5. The number of aromatic nitrogens is 1. The molecular formula is C21H21ClN2O2S. The van der Waals surface area contributed by atoms with Crippen molar-refractivity contribution in [3.63, 3.8) is 0 Å². The lowest BCUT2D eigenvalue weighted by molar-refractivity contribution is -0.113. The summed E-state index contributed by atoms with van der Waals surface area (Å²) in [7, 11) is 1.71. The third-order valence-corrected chi connectivity index (χ3v) is 5.68. The van der Waals surface area contributed by atoms with E-state index in [4.69, 9.17) is 11.6 Å². The van der Waals surface area contributed by atoms with Crippen LogP contribution in [0, 0.1) is 0 Å². The van der Waals surface area contributed by atoms with Gasteiger partial charge in [0.25, 0.3) is 5.56 Å². The maximum atomic E-state index is 12.3. The monoisotopic (exact) mass is 400 g/mol. The first kappa shape index (κ1) is 19.5. The molecule has 27 heavy (non-hydrogen) atoms. The highest BCUT2D eigenvalue weighted by Gasteiger charge is 2.10. The number of carbonyl (C=O) groups is 1. The number of carbonyl (C=O) groups excluding carboxylic acids is 1. The Balaban J connectivity index is 1.74. The minimum Gasteiger partial charge on any atom is -0.325 e. The van der Waals surface area contributed by atoms with Gasteiger partial charge in [-0.3, -0.25) is 9.59 Å². The van der Waals surface area contributed by atoms with Crippen molar-refractivity contribution in [2.75, 3.05) is 11.1 Å². The molecule has 1 amide bonds. The maximum Gasteiger partial charge on any atom is 0.251 e. The average Bonchev–Trinajstić information content (AvgIpc) is 2.64. The number of halogens is 1. The molecule has 140 valence electrons. The number of thioether (sulfide) groups is 1. The fraction of sp³-hybridized carbons (Fsp3) is 0.238. The summed E-state index contributed by atoms with van der Waals surface area (Å²) in [6.07, 6.45) is 0. The smallest absolute Gasteiger partial charge is 0.251 e. The Bertz CT molecular complexity index is 1040. The summed E-state index contributed by atoms with van der Waals surface area (Å²) in [6, 6.07) is 14.8. The van der Waals surface area contributed by atoms with Gasteiger partial charge in [-0.15, -0.1) is 11.8 Å². The first-order valence-electron chi connectivity index (χ1n) is 8.67. The van der Waals surface area contributed by atoms with Crippen LogP contribution in [0.2, 0.25) is 5.02 Å². The summed E-state index contributed by atoms with van der Waals surface area (Å²) in [6.45, 7) is 4.26. The second kappa shape index (κ2) is 8.19. The molecule has 0 aliphatic heterocycles. The van der Waals surface area contributed by atoms with Crippen molar-refractivity contribution in [3.05, 3.63) is 69.5 Å². The van der Waals surface area contributed by atoms with Gasteiger partial charge in [-0.05, 0) is 35.7 Å². The molecule has 0 spiro atoms. The zero-order chi connectivity index (χ0) is 19.6. The fourth-order valence-electron chi connectivity index (χ4n) is 2.81. The van der Waals surface area contributed by atoms with E-state index in [2.05, 4.69) is 19.2 Å². The Morgan fingerprint density at radius 2 is 1.85 bits per heavy atom. The molecular weight excluding hydrogens is 380 g/mol. The average molecular weight is 401 g/mol. The number of fused-ring (bicyclic) bond motifs is 1. The predicted molar refractivity (Wildman–Crippen MR) is 114 cm³/mol. The first-order chi connectivity index (χ1) is 12.8. The molecule has 4 nitrogen and oxygen atoms in total. The lowest BCUT2D eigenvalue weighted by atomic mass is 10.0. The predicted octanol–water partition coefficient (Wildman–Crippen LogP) is 5.05. The molecule has 3 rings (SSSR count). The van der Waals surface area contributed by atoms with E-state index in [1.165, 1.54) is 17.3 Å². The molecule has 0 saturated heterocycles. The number of aryl methyl sites for hydroxylation is 1. The summed E-state index contributed by atoms with van der Waals surface area (Å²) < 4.78 is 1.56. The number of hydrogen-bond acceptors (Lipinski definition) is 3. The van der Waals surface area contributed by atoms with Crippen molar-refractivity contribution in [1.82, 2.24) is 4.57 Å². The summed E-state index contributed by atoms with van der Waals surface area (Å²) in [5, 5.41) is 4.37. The van der Waals surface area contributed by atoms with E-state index >= 15 is 0 Å². The molecule has 1 heterocycles. The van der Waals surface area contributed by atoms with Gasteiger partial charge in [-0.1, -0.05) is 43.6 Å². The quantitative estimate of drug-likeness (QED) is 0.610. The zero-order valence-corrected chi connectivity index (χ0v) is 17.0. The van der Waals surface area contributed by atoms with Crippen molar-refractivity contribution in [3.8, 4) is 0 Å². The molecule has 0 aliphatic carbocycles. The van der Waals surface area contributed by atoms with Crippen LogP contribution >= 0.6 is 23.4 Å². The lowest BCUT2D eigenvalue weighted by Gasteiger charge is -2.11. The molecule has 0 aliphatic rings. The first-order valence-corrected chi connectivity index (χ1v) is 10.0. The lowest BCUT2D eigenvalue weighted by Crippen LogP contribution is -2.17. The van der Waals surface area contributed by atoms with Crippen molar-refractivity contribution in [1.29, 1.82) is 0 Å². The van der Waals surface area contributed by atoms with Crippen LogP contribution < -0.4 is 10.9 Å². The Morgan fingerprint density at radius 3 is 2.52 bits per heavy atom. The Hall–Kier alpha value is -2.24. The van der Waals surface area contributed by atoms with E-state index < -0.39 is 0 Å². The van der Waals surface area contributed by atoms with Crippen molar-refractivity contribution in [2.45, 2.75) is 24.7 Å². The van der Waals surface area contributed by atoms with E-state index in [9.17, 15) is 9.59 Å². The van der Waals surface area contributed by atoms with Gasteiger partial charge in [0, 0.05) is 34.1 Å². The van der Waals surface area contributed by atoms with Crippen molar-refractivity contribution in [2.24, 2.45) is 7.05 Å². The molecule has 6 heteroatoms. The number of rotatable bonds is 5. The topological polar surface area (TPSA) is 51.1 Å². The van der Waals surface area contributed by atoms with Crippen LogP contribution in [0.15, 0.2) is 58.2 Å². The van der Waals surface area contributed by atoms with Crippen molar-refractivity contribution < 1.29 is 4.79 Å². The summed E-state index contributed by atoms with van der Waals surface area (Å²) in [5.41, 5.74) is 2.62. The largest absolute Gasteiger partial charge is 0.325 e. The molecule has 0 radical (unpaired) electrons. The van der Waals surface area contributed by atoms with Crippen LogP contribution in [0.4, 0.5) is 5.69 Å². The van der Waals surface area contributed by atoms with Gasteiger partial charge >= 0.3 is 0 Å². The third kappa shape index (κ3) is 4.54. The highest BCUT2D eigenvalue weighted by molar-refractivity contribution is 8.00. The van der Waals surface area contributed by atoms with Gasteiger partial charge in [-0.25, -0.2) is 0 Å². The van der Waals surface area contributed by atoms with Crippen LogP contribution in [0.25, 0.3) is 10.9 Å². The van der Waals surface area contributed by atoms with Gasteiger partial charge in [0.05, 0.1) is 11.3 Å². The van der Waals surface area contributed by atoms with E-state index in [1.54, 1.807) is 29.8 Å². The fourth-order valence-corrected chi connectivity index (χ4v) is 3.84. The normalized spacial score (nSPS) is 11.1. The summed E-state index contributed by atoms with van der Waals surface area (Å²) in [5.74, 6) is 0.560. The maximum absolute atomic E-state index is 12.3. The Kier molecular flexibility index (Phi) is 5.92. The van der Waals surface area contributed by atoms with Crippen LogP contribution in [-0.4, -0.2) is 16.2 Å². The molecule has 0 bridgehead atoms. The number of benzene rings is 2. The second-order valence-electron chi connectivity index (χ2n) is 6.68. The minimum absolute atomic E-state index is 0.111. The van der Waals surface area contributed by atoms with Gasteiger partial charge in [0.1, 0.15) is 0 Å². The van der Waals surface area contributed by atoms with E-state index in [1.807, 2.05) is 30.3 Å². The van der Waals surface area contributed by atoms with Gasteiger partial charge in [0.2, 0.25) is 5.91 Å². The third-order valence-electron chi connectivity index (χ3n) is 4.39. The van der Waals surface area contributed by atoms with Crippen LogP contribution in [0.5, 0.6) is 0 Å². The zero-order valence-electron chi connectivity index (χ0n) is 15.5. The molecule has 0 saturated carbocycles. The standard InChI is InChI=1S/C21H21ClN2O2S/c1-13(2)14-4-7-16(8-5-14)23-20(25)12-27-19-11-21(26)24(3)18-10-15(22)6-9-17(18)19/h4-11,13H,12H2,1-3H3,(H,23,25). The van der Waals surface area contributed by atoms with E-state index in [-0.39, 0.29) is 17.2 Å². The Morgan fingerprint density at radius 1 is 1.15 bits per heavy atom. The summed E-state index contributed by atoms with van der Waals surface area (Å²) in [4.78, 5) is 25.3. The number of nitrogens with one attached hydrogen (secondary N) is 1. The molecule has 3 aromatic rings. The molecule has 0 unspecified atom stereocenters. The molecule has 0 fully saturated rings. The number of pyridine rings is 1. The minimum atomic E-state index is -0.128. The van der Waals surface area contributed by atoms with Gasteiger partial charge in [0.15, 0.2) is 0 Å². The van der Waals surface area contributed by atoms with Crippen molar-refractivity contribution >= 4 is 45.9 Å². The van der Waals surface area contributed by atoms with Crippen LogP contribution in [-0.2, 0) is 11.8 Å². The number of nitrogens with zero attached hydrogens (tertiary/aromatic N) is 1. The van der Waals surface area contributed by atoms with Crippen LogP contribution in [0.1, 0.15) is 25.3 Å². The highest BCUT2D eigenvalue weighted by Crippen LogP contribution is 2.28. The Labute approximate surface area is 167 Å². The number of hydrogen-bond donors (Lipinski definition) is 1. The molecule has 1 N–H and O–H groups in total. The van der Waals surface area contributed by atoms with E-state index in [0.29, 0.717) is 10.9 Å².